The van der Waals surface area contributed by atoms with Crippen molar-refractivity contribution in [2.24, 2.45) is 0 Å². The van der Waals surface area contributed by atoms with Gasteiger partial charge in [0.1, 0.15) is 5.75 Å². The second-order valence-electron chi connectivity index (χ2n) is 5.03. The molecular formula is C15H22F2N2O2. The van der Waals surface area contributed by atoms with Crippen LogP contribution < -0.4 is 10.1 Å². The number of alkyl halides is 2. The zero-order valence-electron chi connectivity index (χ0n) is 12.8. The van der Waals surface area contributed by atoms with Crippen molar-refractivity contribution >= 4 is 6.03 Å². The molecule has 0 aliphatic carbocycles. The number of halogens is 2. The molecule has 0 heterocycles. The second kappa shape index (κ2) is 7.81. The van der Waals surface area contributed by atoms with Crippen molar-refractivity contribution in [2.75, 3.05) is 7.05 Å². The van der Waals surface area contributed by atoms with Crippen LogP contribution in [0, 0.1) is 0 Å². The number of rotatable bonds is 6. The molecule has 0 aliphatic heterocycles. The molecule has 118 valence electrons. The van der Waals surface area contributed by atoms with Crippen LogP contribution in [0.4, 0.5) is 13.6 Å². The zero-order valence-corrected chi connectivity index (χ0v) is 12.8. The maximum absolute atomic E-state index is 12.4. The van der Waals surface area contributed by atoms with Crippen LogP contribution in [0.2, 0.25) is 0 Å². The molecule has 0 spiro atoms. The standard InChI is InChI=1S/C15H22F2N2O2/c1-5-12(18-15(20)19(4)10(2)3)11-8-6-7-9-13(11)21-14(16)17/h6-10,12,14H,5H2,1-4H3,(H,18,20). The number of amides is 2. The fraction of sp³-hybridized carbons (Fsp3) is 0.533. The van der Waals surface area contributed by atoms with Gasteiger partial charge in [-0.15, -0.1) is 0 Å². The highest BCUT2D eigenvalue weighted by Gasteiger charge is 2.21. The van der Waals surface area contributed by atoms with Crippen LogP contribution in [-0.2, 0) is 0 Å². The Hall–Kier alpha value is -1.85. The maximum Gasteiger partial charge on any atom is 0.387 e. The van der Waals surface area contributed by atoms with Crippen LogP contribution in [-0.4, -0.2) is 30.6 Å². The van der Waals surface area contributed by atoms with Crippen molar-refractivity contribution in [2.45, 2.75) is 45.9 Å². The van der Waals surface area contributed by atoms with Crippen LogP contribution in [0.5, 0.6) is 5.75 Å². The first-order valence-electron chi connectivity index (χ1n) is 6.93. The summed E-state index contributed by atoms with van der Waals surface area (Å²) < 4.78 is 29.4. The van der Waals surface area contributed by atoms with Crippen LogP contribution in [0.3, 0.4) is 0 Å². The average Bonchev–Trinajstić information content (AvgIpc) is 2.43. The third-order valence-corrected chi connectivity index (χ3v) is 3.31. The molecule has 1 aromatic carbocycles. The third-order valence-electron chi connectivity index (χ3n) is 3.31. The minimum absolute atomic E-state index is 0.0510. The van der Waals surface area contributed by atoms with E-state index in [2.05, 4.69) is 10.1 Å². The van der Waals surface area contributed by atoms with E-state index in [1.807, 2.05) is 20.8 Å². The van der Waals surface area contributed by atoms with Gasteiger partial charge in [0, 0.05) is 18.7 Å². The van der Waals surface area contributed by atoms with Gasteiger partial charge in [-0.25, -0.2) is 4.79 Å². The molecule has 2 amide bonds. The molecule has 6 heteroatoms. The highest BCUT2D eigenvalue weighted by Crippen LogP contribution is 2.28. The predicted octanol–water partition coefficient (Wildman–Crippen LogP) is 3.79. The Morgan fingerprint density at radius 1 is 1.33 bits per heavy atom. The summed E-state index contributed by atoms with van der Waals surface area (Å²) in [6.45, 7) is 2.78. The van der Waals surface area contributed by atoms with Crippen molar-refractivity contribution in [1.82, 2.24) is 10.2 Å². The lowest BCUT2D eigenvalue weighted by molar-refractivity contribution is -0.0506. The first kappa shape index (κ1) is 17.2. The molecule has 0 aromatic heterocycles. The Labute approximate surface area is 124 Å². The van der Waals surface area contributed by atoms with E-state index in [-0.39, 0.29) is 23.9 Å². The molecule has 0 fully saturated rings. The third kappa shape index (κ3) is 4.88. The van der Waals surface area contributed by atoms with Gasteiger partial charge in [0.2, 0.25) is 0 Å². The number of hydrogen-bond acceptors (Lipinski definition) is 2. The van der Waals surface area contributed by atoms with Gasteiger partial charge in [-0.1, -0.05) is 25.1 Å². The predicted molar refractivity (Wildman–Crippen MR) is 77.5 cm³/mol. The summed E-state index contributed by atoms with van der Waals surface area (Å²) in [5.41, 5.74) is 0.547. The number of benzene rings is 1. The summed E-state index contributed by atoms with van der Waals surface area (Å²) in [6, 6.07) is 5.93. The fourth-order valence-corrected chi connectivity index (χ4v) is 1.86. The van der Waals surface area contributed by atoms with E-state index in [0.717, 1.165) is 0 Å². The first-order chi connectivity index (χ1) is 9.86. The number of urea groups is 1. The molecule has 1 aromatic rings. The highest BCUT2D eigenvalue weighted by atomic mass is 19.3. The Bertz CT molecular complexity index is 467. The summed E-state index contributed by atoms with van der Waals surface area (Å²) in [4.78, 5) is 13.6. The van der Waals surface area contributed by atoms with Crippen LogP contribution in [0.1, 0.15) is 38.8 Å². The topological polar surface area (TPSA) is 41.6 Å². The largest absolute Gasteiger partial charge is 0.434 e. The molecule has 21 heavy (non-hydrogen) atoms. The molecule has 1 N–H and O–H groups in total. The lowest BCUT2D eigenvalue weighted by atomic mass is 10.0. The summed E-state index contributed by atoms with van der Waals surface area (Å²) in [7, 11) is 1.69. The van der Waals surface area contributed by atoms with Gasteiger partial charge in [0.05, 0.1) is 6.04 Å². The van der Waals surface area contributed by atoms with Crippen molar-refractivity contribution < 1.29 is 18.3 Å². The lowest BCUT2D eigenvalue weighted by Crippen LogP contribution is -2.42. The Balaban J connectivity index is 2.92. The van der Waals surface area contributed by atoms with Gasteiger partial charge in [0.25, 0.3) is 0 Å². The van der Waals surface area contributed by atoms with Gasteiger partial charge in [-0.2, -0.15) is 8.78 Å². The average molecular weight is 300 g/mol. The molecule has 0 saturated carbocycles. The molecule has 1 atom stereocenters. The lowest BCUT2D eigenvalue weighted by Gasteiger charge is -2.26. The van der Waals surface area contributed by atoms with Gasteiger partial charge < -0.3 is 15.0 Å². The van der Waals surface area contributed by atoms with Crippen molar-refractivity contribution in [1.29, 1.82) is 0 Å². The molecule has 0 radical (unpaired) electrons. The molecule has 1 unspecified atom stereocenters. The number of nitrogens with zero attached hydrogens (tertiary/aromatic N) is 1. The van der Waals surface area contributed by atoms with Crippen LogP contribution >= 0.6 is 0 Å². The summed E-state index contributed by atoms with van der Waals surface area (Å²) >= 11 is 0. The van der Waals surface area contributed by atoms with Gasteiger partial charge in [0.15, 0.2) is 0 Å². The van der Waals surface area contributed by atoms with Gasteiger partial charge in [-0.05, 0) is 26.3 Å². The summed E-state index contributed by atoms with van der Waals surface area (Å²) in [6.07, 6.45) is 0.571. The van der Waals surface area contributed by atoms with Gasteiger partial charge in [-0.3, -0.25) is 0 Å². The van der Waals surface area contributed by atoms with E-state index >= 15 is 0 Å². The number of carbonyl (C=O) groups excluding carboxylic acids is 1. The van der Waals surface area contributed by atoms with E-state index in [0.29, 0.717) is 12.0 Å². The van der Waals surface area contributed by atoms with Crippen LogP contribution in [0.15, 0.2) is 24.3 Å². The Morgan fingerprint density at radius 3 is 2.48 bits per heavy atom. The number of para-hydroxylation sites is 1. The minimum atomic E-state index is -2.89. The van der Waals surface area contributed by atoms with E-state index in [9.17, 15) is 13.6 Å². The van der Waals surface area contributed by atoms with E-state index in [4.69, 9.17) is 0 Å². The Kier molecular flexibility index (Phi) is 6.39. The Morgan fingerprint density at radius 2 is 1.95 bits per heavy atom. The van der Waals surface area contributed by atoms with Crippen molar-refractivity contribution in [3.05, 3.63) is 29.8 Å². The van der Waals surface area contributed by atoms with Crippen molar-refractivity contribution in [3.63, 3.8) is 0 Å². The number of carbonyl (C=O) groups is 1. The number of nitrogens with one attached hydrogen (secondary N) is 1. The quantitative estimate of drug-likeness (QED) is 0.868. The smallest absolute Gasteiger partial charge is 0.387 e. The molecule has 0 saturated heterocycles. The first-order valence-corrected chi connectivity index (χ1v) is 6.93. The van der Waals surface area contributed by atoms with Gasteiger partial charge >= 0.3 is 12.6 Å². The highest BCUT2D eigenvalue weighted by molar-refractivity contribution is 5.74. The van der Waals surface area contributed by atoms with E-state index in [1.54, 1.807) is 30.1 Å². The molecule has 4 nitrogen and oxygen atoms in total. The molecular weight excluding hydrogens is 278 g/mol. The molecule has 0 aliphatic rings. The SMILES string of the molecule is CCC(NC(=O)N(C)C(C)C)c1ccccc1OC(F)F. The van der Waals surface area contributed by atoms with Crippen LogP contribution in [0.25, 0.3) is 0 Å². The monoisotopic (exact) mass is 300 g/mol. The fourth-order valence-electron chi connectivity index (χ4n) is 1.86. The van der Waals surface area contributed by atoms with E-state index in [1.165, 1.54) is 6.07 Å². The second-order valence-corrected chi connectivity index (χ2v) is 5.03. The van der Waals surface area contributed by atoms with E-state index < -0.39 is 6.61 Å². The number of hydrogen-bond donors (Lipinski definition) is 1. The molecule has 0 bridgehead atoms. The maximum atomic E-state index is 12.4. The number of ether oxygens (including phenoxy) is 1. The zero-order chi connectivity index (χ0) is 16.0. The summed E-state index contributed by atoms with van der Waals surface area (Å²) in [5, 5.41) is 2.84. The normalized spacial score (nSPS) is 12.4. The van der Waals surface area contributed by atoms with Crippen molar-refractivity contribution in [3.8, 4) is 5.75 Å². The molecule has 1 rings (SSSR count). The summed E-state index contributed by atoms with van der Waals surface area (Å²) in [5.74, 6) is 0.0897. The minimum Gasteiger partial charge on any atom is -0.434 e.